The molecular formula is C23H35N3O7. The number of hydrogen-bond acceptors (Lipinski definition) is 6. The number of nitrogens with one attached hydrogen (secondary N) is 1. The minimum absolute atomic E-state index is 0.0183. The van der Waals surface area contributed by atoms with Gasteiger partial charge >= 0.3 is 18.0 Å². The number of carbonyl (C=O) groups is 4. The lowest BCUT2D eigenvalue weighted by atomic mass is 9.71. The van der Waals surface area contributed by atoms with E-state index >= 15 is 0 Å². The van der Waals surface area contributed by atoms with Crippen molar-refractivity contribution in [1.29, 1.82) is 0 Å². The molecule has 0 bridgehead atoms. The number of urea groups is 1. The smallest absolute Gasteiger partial charge is 0.352 e. The first-order chi connectivity index (χ1) is 15.7. The number of ether oxygens (including phenoxy) is 1. The molecule has 2 aliphatic heterocycles. The summed E-state index contributed by atoms with van der Waals surface area (Å²) in [5.41, 5.74) is 0.609. The second kappa shape index (κ2) is 10.5. The number of aliphatic hydroxyl groups is 1. The van der Waals surface area contributed by atoms with E-state index < -0.39 is 24.0 Å². The Hall–Kier alpha value is -2.62. The van der Waals surface area contributed by atoms with Crippen LogP contribution in [0.2, 0.25) is 0 Å². The Balaban J connectivity index is 1.61. The molecule has 10 nitrogen and oxygen atoms in total. The summed E-state index contributed by atoms with van der Waals surface area (Å²) in [6, 6.07) is -1.06. The van der Waals surface area contributed by atoms with Crippen LogP contribution in [-0.4, -0.2) is 82.3 Å². The summed E-state index contributed by atoms with van der Waals surface area (Å²) in [4.78, 5) is 51.7. The van der Waals surface area contributed by atoms with Gasteiger partial charge in [-0.3, -0.25) is 9.59 Å². The van der Waals surface area contributed by atoms with Crippen molar-refractivity contribution in [3.8, 4) is 0 Å². The lowest BCUT2D eigenvalue weighted by Gasteiger charge is -2.48. The zero-order valence-corrected chi connectivity index (χ0v) is 19.6. The Morgan fingerprint density at radius 2 is 1.97 bits per heavy atom. The van der Waals surface area contributed by atoms with Crippen molar-refractivity contribution in [2.45, 2.75) is 77.0 Å². The fourth-order valence-corrected chi connectivity index (χ4v) is 5.52. The van der Waals surface area contributed by atoms with E-state index in [0.717, 1.165) is 25.7 Å². The number of likely N-dealkylation sites (N-methyl/N-ethyl adjacent to an activating group) is 1. The lowest BCUT2D eigenvalue weighted by molar-refractivity contribution is -0.163. The number of carboxylic acids is 1. The first-order valence-electron chi connectivity index (χ1n) is 11.8. The molecule has 3 N–H and O–H groups in total. The van der Waals surface area contributed by atoms with Crippen molar-refractivity contribution >= 4 is 23.9 Å². The highest BCUT2D eigenvalue weighted by atomic mass is 16.5. The van der Waals surface area contributed by atoms with E-state index in [2.05, 4.69) is 5.32 Å². The number of carboxylic acid groups (broad SMARTS) is 1. The van der Waals surface area contributed by atoms with Crippen molar-refractivity contribution in [2.24, 2.45) is 11.8 Å². The second-order valence-corrected chi connectivity index (χ2v) is 9.09. The molecule has 3 rings (SSSR count). The molecule has 2 fully saturated rings. The zero-order chi connectivity index (χ0) is 24.3. The van der Waals surface area contributed by atoms with E-state index in [4.69, 9.17) is 4.74 Å². The van der Waals surface area contributed by atoms with Crippen molar-refractivity contribution in [3.63, 3.8) is 0 Å². The second-order valence-electron chi connectivity index (χ2n) is 9.09. The number of esters is 1. The minimum Gasteiger partial charge on any atom is -0.477 e. The molecule has 0 aromatic heterocycles. The fraction of sp³-hybridized carbons (Fsp3) is 0.739. The molecule has 33 heavy (non-hydrogen) atoms. The highest BCUT2D eigenvalue weighted by Gasteiger charge is 2.62. The summed E-state index contributed by atoms with van der Waals surface area (Å²) in [6.45, 7) is 4.15. The van der Waals surface area contributed by atoms with Gasteiger partial charge in [0.2, 0.25) is 5.91 Å². The van der Waals surface area contributed by atoms with Crippen LogP contribution >= 0.6 is 0 Å². The number of β-lactam (4-membered cyclic amide) rings is 1. The molecule has 10 heteroatoms. The molecule has 2 heterocycles. The van der Waals surface area contributed by atoms with Crippen LogP contribution in [0.3, 0.4) is 0 Å². The number of carbonyl (C=O) groups excluding carboxylic acids is 3. The molecule has 3 aliphatic rings. The lowest BCUT2D eigenvalue weighted by Crippen LogP contribution is -2.64. The molecule has 184 valence electrons. The van der Waals surface area contributed by atoms with E-state index in [9.17, 15) is 29.4 Å². The molecule has 1 saturated carbocycles. The molecule has 1 unspecified atom stereocenters. The Morgan fingerprint density at radius 3 is 2.61 bits per heavy atom. The summed E-state index contributed by atoms with van der Waals surface area (Å²) in [5.74, 6) is -2.51. The summed E-state index contributed by atoms with van der Waals surface area (Å²) < 4.78 is 4.89. The van der Waals surface area contributed by atoms with Crippen molar-refractivity contribution < 1.29 is 34.1 Å². The Labute approximate surface area is 193 Å². The van der Waals surface area contributed by atoms with Crippen LogP contribution in [0.15, 0.2) is 11.3 Å². The Morgan fingerprint density at radius 1 is 1.24 bits per heavy atom. The predicted octanol–water partition coefficient (Wildman–Crippen LogP) is 1.48. The molecule has 0 radical (unpaired) electrons. The first-order valence-corrected chi connectivity index (χ1v) is 11.8. The molecule has 1 saturated heterocycles. The third-order valence-corrected chi connectivity index (χ3v) is 7.02. The number of aliphatic hydroxyl groups excluding tert-OH is 1. The van der Waals surface area contributed by atoms with Gasteiger partial charge < -0.3 is 30.1 Å². The van der Waals surface area contributed by atoms with Gasteiger partial charge in [0.25, 0.3) is 0 Å². The van der Waals surface area contributed by atoms with Crippen LogP contribution in [0, 0.1) is 11.8 Å². The zero-order valence-electron chi connectivity index (χ0n) is 19.6. The van der Waals surface area contributed by atoms with E-state index in [0.29, 0.717) is 38.0 Å². The summed E-state index contributed by atoms with van der Waals surface area (Å²) in [5, 5.41) is 22.8. The van der Waals surface area contributed by atoms with Gasteiger partial charge in [0.05, 0.1) is 30.7 Å². The molecule has 0 aromatic carbocycles. The van der Waals surface area contributed by atoms with Crippen molar-refractivity contribution in [3.05, 3.63) is 11.3 Å². The maximum absolute atomic E-state index is 12.8. The predicted molar refractivity (Wildman–Crippen MR) is 118 cm³/mol. The summed E-state index contributed by atoms with van der Waals surface area (Å²) in [6.07, 6.45) is 3.87. The van der Waals surface area contributed by atoms with Crippen LogP contribution in [0.5, 0.6) is 0 Å². The van der Waals surface area contributed by atoms with Crippen molar-refractivity contribution in [2.75, 3.05) is 20.2 Å². The average Bonchev–Trinajstić information content (AvgIpc) is 3.06. The molecule has 5 atom stereocenters. The largest absolute Gasteiger partial charge is 0.477 e. The highest BCUT2D eigenvalue weighted by Crippen LogP contribution is 2.52. The number of amides is 3. The third-order valence-electron chi connectivity index (χ3n) is 7.02. The molecule has 0 aromatic rings. The highest BCUT2D eigenvalue weighted by molar-refractivity contribution is 6.00. The average molecular weight is 466 g/mol. The van der Waals surface area contributed by atoms with Gasteiger partial charge in [-0.25, -0.2) is 9.59 Å². The SMILES string of the molecule is CCOC(=O)CCCCCNC(=O)N(C)[C@H]1CCC[C@H]2C1=C(C(=O)O)N1C(=O)[C@H](C(C)O)[C@@H]21. The standard InChI is InChI=1S/C23H35N3O7/c1-4-33-16(28)11-6-5-7-12-24-23(32)25(3)15-10-8-9-14-18(15)20(22(30)31)26-19(14)17(13(2)27)21(26)29/h13-15,17,19,27H,4-12H2,1-3H3,(H,24,32)(H,30,31)/t13?,14-,15-,17+,19+/m0/s1. The van der Waals surface area contributed by atoms with Crippen LogP contribution in [-0.2, 0) is 19.1 Å². The number of aliphatic carboxylic acids is 1. The maximum atomic E-state index is 12.8. The molecule has 3 amide bonds. The molecule has 1 aliphatic carbocycles. The van der Waals surface area contributed by atoms with Gasteiger partial charge in [-0.05, 0) is 45.1 Å². The number of unbranched alkanes of at least 4 members (excludes halogenated alkanes) is 2. The van der Waals surface area contributed by atoms with E-state index in [1.807, 2.05) is 0 Å². The van der Waals surface area contributed by atoms with Gasteiger partial charge in [0.15, 0.2) is 0 Å². The number of rotatable bonds is 10. The third kappa shape index (κ3) is 4.85. The Kier molecular flexibility index (Phi) is 7.99. The molecular weight excluding hydrogens is 430 g/mol. The van der Waals surface area contributed by atoms with Gasteiger partial charge in [0.1, 0.15) is 5.70 Å². The number of hydrogen-bond donors (Lipinski definition) is 3. The quantitative estimate of drug-likeness (QED) is 0.252. The first kappa shape index (κ1) is 25.0. The number of nitrogens with zero attached hydrogens (tertiary/aromatic N) is 2. The van der Waals surface area contributed by atoms with E-state index in [1.54, 1.807) is 20.9 Å². The van der Waals surface area contributed by atoms with Crippen molar-refractivity contribution in [1.82, 2.24) is 15.1 Å². The van der Waals surface area contributed by atoms with Gasteiger partial charge in [-0.1, -0.05) is 12.8 Å². The molecule has 0 spiro atoms. The van der Waals surface area contributed by atoms with E-state index in [-0.39, 0.29) is 35.6 Å². The van der Waals surface area contributed by atoms with Crippen LogP contribution < -0.4 is 5.32 Å². The van der Waals surface area contributed by atoms with Gasteiger partial charge in [-0.2, -0.15) is 0 Å². The fourth-order valence-electron chi connectivity index (χ4n) is 5.52. The maximum Gasteiger partial charge on any atom is 0.352 e. The minimum atomic E-state index is -1.17. The van der Waals surface area contributed by atoms with Gasteiger partial charge in [0, 0.05) is 25.9 Å². The number of fused-ring (bicyclic) bond motifs is 3. The summed E-state index contributed by atoms with van der Waals surface area (Å²) >= 11 is 0. The van der Waals surface area contributed by atoms with Crippen LogP contribution in [0.1, 0.15) is 58.8 Å². The monoisotopic (exact) mass is 465 g/mol. The van der Waals surface area contributed by atoms with Gasteiger partial charge in [-0.15, -0.1) is 0 Å². The Bertz CT molecular complexity index is 825. The van der Waals surface area contributed by atoms with Crippen LogP contribution in [0.25, 0.3) is 0 Å². The van der Waals surface area contributed by atoms with Crippen LogP contribution in [0.4, 0.5) is 4.79 Å². The van der Waals surface area contributed by atoms with E-state index in [1.165, 1.54) is 9.80 Å². The normalized spacial score (nSPS) is 26.8. The topological polar surface area (TPSA) is 136 Å². The summed E-state index contributed by atoms with van der Waals surface area (Å²) in [7, 11) is 1.65.